The summed E-state index contributed by atoms with van der Waals surface area (Å²) in [6.07, 6.45) is -3.28. The van der Waals surface area contributed by atoms with Crippen molar-refractivity contribution in [2.45, 2.75) is 65.5 Å². The zero-order chi connectivity index (χ0) is 33.5. The Labute approximate surface area is 276 Å². The van der Waals surface area contributed by atoms with Gasteiger partial charge in [-0.15, -0.1) is 0 Å². The van der Waals surface area contributed by atoms with Crippen LogP contribution in [0.5, 0.6) is 0 Å². The lowest BCUT2D eigenvalue weighted by Gasteiger charge is -2.48. The Hall–Kier alpha value is -4.05. The van der Waals surface area contributed by atoms with Gasteiger partial charge in [-0.05, 0) is 54.2 Å². The summed E-state index contributed by atoms with van der Waals surface area (Å²) in [5.41, 5.74) is 1.30. The van der Waals surface area contributed by atoms with E-state index in [9.17, 15) is 14.4 Å². The fourth-order valence-corrected chi connectivity index (χ4v) is 6.11. The standard InChI is InChI=1S/C38H44O9/c1-23-24(2)31(21-42-34(39)28-15-9-6-10-16-28)44-37(26(23)4)46-33-25(3)27(5)38(47-36(41)30-19-13-8-14-20-30)45-32(33)22-43-35(40)29-17-11-7-12-18-29/h6-20,23-27,31-33,37-38H,21-22H2,1-5H3. The van der Waals surface area contributed by atoms with Crippen molar-refractivity contribution in [3.8, 4) is 0 Å². The second-order valence-corrected chi connectivity index (χ2v) is 12.7. The van der Waals surface area contributed by atoms with E-state index in [0.717, 1.165) is 0 Å². The van der Waals surface area contributed by atoms with Gasteiger partial charge >= 0.3 is 17.9 Å². The molecule has 0 aliphatic carbocycles. The number of benzene rings is 3. The smallest absolute Gasteiger partial charge is 0.340 e. The zero-order valence-corrected chi connectivity index (χ0v) is 27.5. The van der Waals surface area contributed by atoms with Crippen LogP contribution in [-0.2, 0) is 28.4 Å². The summed E-state index contributed by atoms with van der Waals surface area (Å²) in [7, 11) is 0. The molecule has 5 rings (SSSR count). The summed E-state index contributed by atoms with van der Waals surface area (Å²) in [5, 5.41) is 0. The number of rotatable bonds is 10. The van der Waals surface area contributed by atoms with Crippen molar-refractivity contribution in [1.82, 2.24) is 0 Å². The molecule has 2 aliphatic heterocycles. The molecule has 2 aliphatic rings. The molecule has 9 nitrogen and oxygen atoms in total. The lowest BCUT2D eigenvalue weighted by atomic mass is 9.78. The summed E-state index contributed by atoms with van der Waals surface area (Å²) in [4.78, 5) is 38.6. The van der Waals surface area contributed by atoms with E-state index in [1.807, 2.05) is 32.0 Å². The first-order valence-corrected chi connectivity index (χ1v) is 16.3. The van der Waals surface area contributed by atoms with Gasteiger partial charge in [0.2, 0.25) is 6.29 Å². The number of hydrogen-bond donors (Lipinski definition) is 0. The highest BCUT2D eigenvalue weighted by Gasteiger charge is 2.48. The van der Waals surface area contributed by atoms with E-state index in [0.29, 0.717) is 16.7 Å². The molecule has 47 heavy (non-hydrogen) atoms. The highest BCUT2D eigenvalue weighted by Crippen LogP contribution is 2.40. The number of hydrogen-bond acceptors (Lipinski definition) is 9. The molecule has 0 N–H and O–H groups in total. The Bertz CT molecular complexity index is 1460. The van der Waals surface area contributed by atoms with Crippen LogP contribution in [0.15, 0.2) is 91.0 Å². The first kappa shape index (κ1) is 34.3. The van der Waals surface area contributed by atoms with Crippen molar-refractivity contribution >= 4 is 17.9 Å². The van der Waals surface area contributed by atoms with Gasteiger partial charge in [0.25, 0.3) is 0 Å². The molecular formula is C38H44O9. The average Bonchev–Trinajstić information content (AvgIpc) is 3.11. The van der Waals surface area contributed by atoms with Gasteiger partial charge in [-0.3, -0.25) is 0 Å². The molecule has 0 spiro atoms. The van der Waals surface area contributed by atoms with Crippen LogP contribution in [0.1, 0.15) is 65.7 Å². The van der Waals surface area contributed by atoms with Crippen molar-refractivity contribution in [2.75, 3.05) is 13.2 Å². The normalized spacial score (nSPS) is 30.6. The molecule has 0 aromatic heterocycles. The van der Waals surface area contributed by atoms with E-state index in [1.54, 1.807) is 72.8 Å². The molecule has 3 aromatic rings. The van der Waals surface area contributed by atoms with Crippen LogP contribution in [0.25, 0.3) is 0 Å². The molecule has 10 atom stereocenters. The Kier molecular flexibility index (Phi) is 11.4. The van der Waals surface area contributed by atoms with Gasteiger partial charge in [0.1, 0.15) is 19.3 Å². The van der Waals surface area contributed by atoms with Gasteiger partial charge in [0.05, 0.1) is 28.9 Å². The average molecular weight is 645 g/mol. The summed E-state index contributed by atoms with van der Waals surface area (Å²) in [6.45, 7) is 10.2. The van der Waals surface area contributed by atoms with E-state index >= 15 is 0 Å². The SMILES string of the molecule is CC1C(COC(=O)c2ccccc2)OC(OC2C(COC(=O)c3ccccc3)OC(OC(=O)c3ccccc3)C(C)C2C)C(C)C1C. The fourth-order valence-electron chi connectivity index (χ4n) is 6.11. The van der Waals surface area contributed by atoms with Crippen LogP contribution in [0.3, 0.4) is 0 Å². The number of ether oxygens (including phenoxy) is 6. The van der Waals surface area contributed by atoms with Gasteiger partial charge in [0, 0.05) is 11.8 Å². The van der Waals surface area contributed by atoms with E-state index in [4.69, 9.17) is 28.4 Å². The molecule has 9 heteroatoms. The van der Waals surface area contributed by atoms with Gasteiger partial charge in [0.15, 0.2) is 6.29 Å². The van der Waals surface area contributed by atoms with Crippen LogP contribution in [-0.4, -0.2) is 62.0 Å². The first-order chi connectivity index (χ1) is 22.6. The maximum atomic E-state index is 13.0. The Morgan fingerprint density at radius 3 is 1.45 bits per heavy atom. The molecule has 250 valence electrons. The largest absolute Gasteiger partial charge is 0.459 e. The zero-order valence-electron chi connectivity index (χ0n) is 27.5. The molecule has 0 saturated carbocycles. The van der Waals surface area contributed by atoms with Crippen molar-refractivity contribution < 1.29 is 42.8 Å². The number of esters is 3. The molecule has 10 unspecified atom stereocenters. The minimum absolute atomic E-state index is 0.00488. The third kappa shape index (κ3) is 8.27. The Morgan fingerprint density at radius 2 is 0.936 bits per heavy atom. The summed E-state index contributed by atoms with van der Waals surface area (Å²) < 4.78 is 36.8. The van der Waals surface area contributed by atoms with Crippen molar-refractivity contribution in [3.05, 3.63) is 108 Å². The van der Waals surface area contributed by atoms with E-state index < -0.39 is 48.8 Å². The van der Waals surface area contributed by atoms with Crippen molar-refractivity contribution in [1.29, 1.82) is 0 Å². The lowest BCUT2D eigenvalue weighted by molar-refractivity contribution is -0.321. The summed E-state index contributed by atoms with van der Waals surface area (Å²) in [6, 6.07) is 26.3. The molecule has 3 aromatic carbocycles. The van der Waals surface area contributed by atoms with Gasteiger partial charge in [-0.2, -0.15) is 0 Å². The number of carbonyl (C=O) groups is 3. The highest BCUT2D eigenvalue weighted by molar-refractivity contribution is 5.90. The predicted octanol–water partition coefficient (Wildman–Crippen LogP) is 6.57. The van der Waals surface area contributed by atoms with Crippen LogP contribution < -0.4 is 0 Å². The second-order valence-electron chi connectivity index (χ2n) is 12.7. The third-order valence-electron chi connectivity index (χ3n) is 9.74. The van der Waals surface area contributed by atoms with Crippen LogP contribution in [0.2, 0.25) is 0 Å². The van der Waals surface area contributed by atoms with Gasteiger partial charge < -0.3 is 28.4 Å². The molecule has 2 saturated heterocycles. The topological polar surface area (TPSA) is 107 Å². The van der Waals surface area contributed by atoms with E-state index in [1.165, 1.54) is 0 Å². The van der Waals surface area contributed by atoms with E-state index in [-0.39, 0.29) is 42.8 Å². The molecule has 0 bridgehead atoms. The first-order valence-electron chi connectivity index (χ1n) is 16.3. The number of carbonyl (C=O) groups excluding carboxylic acids is 3. The van der Waals surface area contributed by atoms with Crippen molar-refractivity contribution in [2.24, 2.45) is 29.6 Å². The van der Waals surface area contributed by atoms with Crippen LogP contribution >= 0.6 is 0 Å². The summed E-state index contributed by atoms with van der Waals surface area (Å²) in [5.74, 6) is -1.59. The quantitative estimate of drug-likeness (QED) is 0.179. The van der Waals surface area contributed by atoms with Crippen LogP contribution in [0, 0.1) is 29.6 Å². The lowest BCUT2D eigenvalue weighted by Crippen LogP contribution is -2.57. The Morgan fingerprint density at radius 1 is 0.511 bits per heavy atom. The molecule has 0 amide bonds. The molecular weight excluding hydrogens is 600 g/mol. The molecule has 2 heterocycles. The third-order valence-corrected chi connectivity index (χ3v) is 9.74. The van der Waals surface area contributed by atoms with Crippen LogP contribution in [0.4, 0.5) is 0 Å². The van der Waals surface area contributed by atoms with Gasteiger partial charge in [-0.1, -0.05) is 89.2 Å². The molecule has 2 fully saturated rings. The maximum Gasteiger partial charge on any atom is 0.340 e. The Balaban J connectivity index is 1.31. The fraction of sp³-hybridized carbons (Fsp3) is 0.447. The monoisotopic (exact) mass is 644 g/mol. The van der Waals surface area contributed by atoms with Crippen molar-refractivity contribution in [3.63, 3.8) is 0 Å². The molecule has 0 radical (unpaired) electrons. The highest BCUT2D eigenvalue weighted by atomic mass is 16.7. The second kappa shape index (κ2) is 15.7. The summed E-state index contributed by atoms with van der Waals surface area (Å²) >= 11 is 0. The minimum Gasteiger partial charge on any atom is -0.459 e. The predicted molar refractivity (Wildman–Crippen MR) is 173 cm³/mol. The van der Waals surface area contributed by atoms with Gasteiger partial charge in [-0.25, -0.2) is 14.4 Å². The maximum absolute atomic E-state index is 13.0. The minimum atomic E-state index is -0.897. The van der Waals surface area contributed by atoms with E-state index in [2.05, 4.69) is 20.8 Å².